The van der Waals surface area contributed by atoms with Gasteiger partial charge in [0, 0.05) is 24.5 Å². The summed E-state index contributed by atoms with van der Waals surface area (Å²) in [5.74, 6) is 0. The van der Waals surface area contributed by atoms with Crippen LogP contribution in [0.5, 0.6) is 0 Å². The second kappa shape index (κ2) is 7.07. The minimum atomic E-state index is 0.825. The van der Waals surface area contributed by atoms with Gasteiger partial charge in [0.1, 0.15) is 0 Å². The number of nitrogens with one attached hydrogen (secondary N) is 1. The van der Waals surface area contributed by atoms with Crippen molar-refractivity contribution in [3.63, 3.8) is 0 Å². The summed E-state index contributed by atoms with van der Waals surface area (Å²) in [6, 6.07) is 0. The third-order valence-corrected chi connectivity index (χ3v) is 4.23. The number of aromatic nitrogens is 1. The zero-order chi connectivity index (χ0) is 12.8. The average Bonchev–Trinajstić information content (AvgIpc) is 2.81. The number of hydrogen-bond donors (Lipinski definition) is 1. The molecule has 1 aliphatic rings. The van der Waals surface area contributed by atoms with Crippen LogP contribution < -0.4 is 10.2 Å². The van der Waals surface area contributed by atoms with Crippen LogP contribution in [0.15, 0.2) is 0 Å². The molecule has 0 aromatic carbocycles. The molecule has 18 heavy (non-hydrogen) atoms. The molecule has 0 saturated carbocycles. The Bertz CT molecular complexity index is 361. The molecule has 0 radical (unpaired) electrons. The number of nitrogens with zero attached hydrogens (tertiary/aromatic N) is 2. The molecule has 102 valence electrons. The van der Waals surface area contributed by atoms with Gasteiger partial charge in [-0.3, -0.25) is 0 Å². The molecular formula is C13H23N3OS. The van der Waals surface area contributed by atoms with Gasteiger partial charge in [0.25, 0.3) is 0 Å². The second-order valence-corrected chi connectivity index (χ2v) is 5.56. The van der Waals surface area contributed by atoms with Crippen molar-refractivity contribution in [2.45, 2.75) is 33.2 Å². The van der Waals surface area contributed by atoms with Crippen LogP contribution in [0.25, 0.3) is 0 Å². The summed E-state index contributed by atoms with van der Waals surface area (Å²) >= 11 is 1.84. The Labute approximate surface area is 113 Å². The molecule has 1 fully saturated rings. The van der Waals surface area contributed by atoms with Crippen LogP contribution >= 0.6 is 11.3 Å². The van der Waals surface area contributed by atoms with E-state index in [9.17, 15) is 0 Å². The van der Waals surface area contributed by atoms with E-state index in [-0.39, 0.29) is 0 Å². The van der Waals surface area contributed by atoms with Gasteiger partial charge in [-0.1, -0.05) is 20.3 Å². The monoisotopic (exact) mass is 269 g/mol. The number of thiazole rings is 1. The lowest BCUT2D eigenvalue weighted by molar-refractivity contribution is 0.122. The van der Waals surface area contributed by atoms with E-state index in [1.165, 1.54) is 15.7 Å². The Hall–Kier alpha value is -0.650. The van der Waals surface area contributed by atoms with Gasteiger partial charge in [-0.2, -0.15) is 0 Å². The predicted molar refractivity (Wildman–Crippen MR) is 76.5 cm³/mol. The zero-order valence-electron chi connectivity index (χ0n) is 11.4. The van der Waals surface area contributed by atoms with Crippen molar-refractivity contribution in [2.24, 2.45) is 0 Å². The van der Waals surface area contributed by atoms with E-state index in [0.717, 1.165) is 52.2 Å². The Balaban J connectivity index is 2.09. The standard InChI is InChI=1S/C13H23N3OS/c1-3-5-11-12(10-14-4-2)18-13(15-11)16-6-8-17-9-7-16/h14H,3-10H2,1-2H3. The zero-order valence-corrected chi connectivity index (χ0v) is 12.2. The number of ether oxygens (including phenoxy) is 1. The fourth-order valence-corrected chi connectivity index (χ4v) is 3.20. The van der Waals surface area contributed by atoms with E-state index in [4.69, 9.17) is 9.72 Å². The maximum absolute atomic E-state index is 5.39. The van der Waals surface area contributed by atoms with Crippen LogP contribution in [0.3, 0.4) is 0 Å². The van der Waals surface area contributed by atoms with Gasteiger partial charge < -0.3 is 15.0 Å². The van der Waals surface area contributed by atoms with Crippen LogP contribution in [0, 0.1) is 0 Å². The van der Waals surface area contributed by atoms with Crippen LogP contribution in [0.2, 0.25) is 0 Å². The van der Waals surface area contributed by atoms with E-state index in [1.54, 1.807) is 0 Å². The molecule has 0 unspecified atom stereocenters. The molecular weight excluding hydrogens is 246 g/mol. The third kappa shape index (κ3) is 3.43. The molecule has 4 nitrogen and oxygen atoms in total. The van der Waals surface area contributed by atoms with Crippen molar-refractivity contribution < 1.29 is 4.74 Å². The normalized spacial score (nSPS) is 16.2. The molecule has 0 bridgehead atoms. The lowest BCUT2D eigenvalue weighted by Crippen LogP contribution is -2.36. The average molecular weight is 269 g/mol. The van der Waals surface area contributed by atoms with Gasteiger partial charge in [0.15, 0.2) is 5.13 Å². The number of aryl methyl sites for hydroxylation is 1. The van der Waals surface area contributed by atoms with Crippen molar-refractivity contribution >= 4 is 16.5 Å². The van der Waals surface area contributed by atoms with Crippen molar-refractivity contribution in [3.8, 4) is 0 Å². The summed E-state index contributed by atoms with van der Waals surface area (Å²) in [5, 5.41) is 4.58. The van der Waals surface area contributed by atoms with Crippen molar-refractivity contribution in [1.82, 2.24) is 10.3 Å². The SMILES string of the molecule is CCCc1nc(N2CCOCC2)sc1CNCC. The summed E-state index contributed by atoms with van der Waals surface area (Å²) in [6.07, 6.45) is 2.24. The number of morpholine rings is 1. The highest BCUT2D eigenvalue weighted by molar-refractivity contribution is 7.15. The first kappa shape index (κ1) is 13.8. The van der Waals surface area contributed by atoms with Crippen LogP contribution in [-0.2, 0) is 17.7 Å². The second-order valence-electron chi connectivity index (χ2n) is 4.50. The molecule has 0 atom stereocenters. The summed E-state index contributed by atoms with van der Waals surface area (Å²) < 4.78 is 5.39. The molecule has 1 aromatic rings. The molecule has 0 spiro atoms. The van der Waals surface area contributed by atoms with E-state index >= 15 is 0 Å². The third-order valence-electron chi connectivity index (χ3n) is 3.07. The highest BCUT2D eigenvalue weighted by atomic mass is 32.1. The smallest absolute Gasteiger partial charge is 0.185 e. The van der Waals surface area contributed by atoms with Gasteiger partial charge >= 0.3 is 0 Å². The molecule has 1 aromatic heterocycles. The minimum Gasteiger partial charge on any atom is -0.378 e. The largest absolute Gasteiger partial charge is 0.378 e. The Morgan fingerprint density at radius 3 is 2.78 bits per heavy atom. The maximum atomic E-state index is 5.39. The Kier molecular flexibility index (Phi) is 5.41. The van der Waals surface area contributed by atoms with Crippen molar-refractivity contribution in [2.75, 3.05) is 37.7 Å². The first-order valence-electron chi connectivity index (χ1n) is 6.87. The summed E-state index contributed by atoms with van der Waals surface area (Å²) in [6.45, 7) is 9.91. The fourth-order valence-electron chi connectivity index (χ4n) is 2.07. The molecule has 1 N–H and O–H groups in total. The lowest BCUT2D eigenvalue weighted by Gasteiger charge is -2.26. The Morgan fingerprint density at radius 1 is 1.33 bits per heavy atom. The molecule has 1 aliphatic heterocycles. The Morgan fingerprint density at radius 2 is 2.11 bits per heavy atom. The molecule has 1 saturated heterocycles. The van der Waals surface area contributed by atoms with Crippen LogP contribution in [0.1, 0.15) is 30.8 Å². The van der Waals surface area contributed by atoms with Gasteiger partial charge in [-0.05, 0) is 13.0 Å². The maximum Gasteiger partial charge on any atom is 0.185 e. The van der Waals surface area contributed by atoms with Gasteiger partial charge in [0.05, 0.1) is 18.9 Å². The summed E-state index contributed by atoms with van der Waals surface area (Å²) in [7, 11) is 0. The summed E-state index contributed by atoms with van der Waals surface area (Å²) in [5.41, 5.74) is 1.28. The first-order valence-corrected chi connectivity index (χ1v) is 7.68. The van der Waals surface area contributed by atoms with Crippen LogP contribution in [0.4, 0.5) is 5.13 Å². The van der Waals surface area contributed by atoms with E-state index in [0.29, 0.717) is 0 Å². The van der Waals surface area contributed by atoms with E-state index in [2.05, 4.69) is 24.1 Å². The summed E-state index contributed by atoms with van der Waals surface area (Å²) in [4.78, 5) is 8.58. The van der Waals surface area contributed by atoms with Crippen LogP contribution in [-0.4, -0.2) is 37.8 Å². The fraction of sp³-hybridized carbons (Fsp3) is 0.769. The van der Waals surface area contributed by atoms with E-state index in [1.807, 2.05) is 11.3 Å². The topological polar surface area (TPSA) is 37.4 Å². The van der Waals surface area contributed by atoms with Gasteiger partial charge in [-0.15, -0.1) is 11.3 Å². The molecule has 0 amide bonds. The molecule has 2 rings (SSSR count). The number of rotatable bonds is 6. The first-order chi connectivity index (χ1) is 8.85. The highest BCUT2D eigenvalue weighted by Gasteiger charge is 2.17. The molecule has 0 aliphatic carbocycles. The van der Waals surface area contributed by atoms with Gasteiger partial charge in [0.2, 0.25) is 0 Å². The number of hydrogen-bond acceptors (Lipinski definition) is 5. The number of anilines is 1. The predicted octanol–water partition coefficient (Wildman–Crippen LogP) is 2.04. The quantitative estimate of drug-likeness (QED) is 0.857. The molecule has 5 heteroatoms. The van der Waals surface area contributed by atoms with E-state index < -0.39 is 0 Å². The lowest BCUT2D eigenvalue weighted by atomic mass is 10.2. The highest BCUT2D eigenvalue weighted by Crippen LogP contribution is 2.27. The molecule has 2 heterocycles. The van der Waals surface area contributed by atoms with Crippen molar-refractivity contribution in [1.29, 1.82) is 0 Å². The van der Waals surface area contributed by atoms with Gasteiger partial charge in [-0.25, -0.2) is 4.98 Å². The van der Waals surface area contributed by atoms with Crippen molar-refractivity contribution in [3.05, 3.63) is 10.6 Å². The minimum absolute atomic E-state index is 0.825.